The Labute approximate surface area is 146 Å². The highest BCUT2D eigenvalue weighted by molar-refractivity contribution is 6.02. The summed E-state index contributed by atoms with van der Waals surface area (Å²) < 4.78 is 1.94. The molecule has 0 radical (unpaired) electrons. The number of para-hydroxylation sites is 1. The number of hydrogen-bond donors (Lipinski definition) is 1. The van der Waals surface area contributed by atoms with Crippen LogP contribution in [0.1, 0.15) is 21.7 Å². The monoisotopic (exact) mass is 332 g/mol. The van der Waals surface area contributed by atoms with Gasteiger partial charge >= 0.3 is 0 Å². The summed E-state index contributed by atoms with van der Waals surface area (Å²) in [4.78, 5) is 14.7. The van der Waals surface area contributed by atoms with Gasteiger partial charge in [-0.25, -0.2) is 0 Å². The van der Waals surface area contributed by atoms with Gasteiger partial charge in [-0.3, -0.25) is 14.4 Å². The maximum atomic E-state index is 12.4. The summed E-state index contributed by atoms with van der Waals surface area (Å²) in [7, 11) is 0. The van der Waals surface area contributed by atoms with Crippen molar-refractivity contribution in [2.24, 2.45) is 0 Å². The number of fused-ring (bicyclic) bond motifs is 1. The van der Waals surface area contributed by atoms with E-state index in [1.54, 1.807) is 0 Å². The first-order valence-electron chi connectivity index (χ1n) is 8.47. The van der Waals surface area contributed by atoms with Gasteiger partial charge in [0, 0.05) is 30.9 Å². The fraction of sp³-hybridized carbons (Fsp3) is 0.200. The van der Waals surface area contributed by atoms with Crippen molar-refractivity contribution in [3.63, 3.8) is 0 Å². The van der Waals surface area contributed by atoms with Crippen LogP contribution in [0.25, 0.3) is 0 Å². The molecule has 2 heterocycles. The highest BCUT2D eigenvalue weighted by Crippen LogP contribution is 2.16. The second-order valence-corrected chi connectivity index (χ2v) is 6.27. The molecule has 0 saturated heterocycles. The average molecular weight is 332 g/mol. The average Bonchev–Trinajstić information content (AvgIpc) is 3.07. The Bertz CT molecular complexity index is 858. The van der Waals surface area contributed by atoms with Crippen LogP contribution in [0.3, 0.4) is 0 Å². The third kappa shape index (κ3) is 3.61. The number of carbonyl (C=O) groups excluding carboxylic acids is 1. The topological polar surface area (TPSA) is 50.2 Å². The van der Waals surface area contributed by atoms with Crippen LogP contribution in [0.4, 0.5) is 5.69 Å². The molecule has 0 bridgehead atoms. The van der Waals surface area contributed by atoms with E-state index in [1.807, 2.05) is 47.1 Å². The van der Waals surface area contributed by atoms with Crippen LogP contribution in [-0.2, 0) is 19.6 Å². The number of anilines is 1. The predicted octanol–water partition coefficient (Wildman–Crippen LogP) is 3.15. The molecule has 1 aliphatic heterocycles. The molecule has 0 spiro atoms. The number of amides is 1. The molecule has 25 heavy (non-hydrogen) atoms. The zero-order chi connectivity index (χ0) is 17.1. The van der Waals surface area contributed by atoms with Crippen LogP contribution in [-0.4, -0.2) is 27.1 Å². The van der Waals surface area contributed by atoms with Crippen molar-refractivity contribution in [1.29, 1.82) is 0 Å². The molecule has 1 aliphatic rings. The maximum absolute atomic E-state index is 12.4. The van der Waals surface area contributed by atoms with E-state index in [0.717, 1.165) is 30.9 Å². The zero-order valence-electron chi connectivity index (χ0n) is 13.9. The lowest BCUT2D eigenvalue weighted by atomic mass is 10.2. The molecule has 5 heteroatoms. The highest BCUT2D eigenvalue weighted by atomic mass is 16.2. The Morgan fingerprint density at radius 1 is 1.04 bits per heavy atom. The summed E-state index contributed by atoms with van der Waals surface area (Å²) in [5.74, 6) is -0.164. The summed E-state index contributed by atoms with van der Waals surface area (Å²) in [6.07, 6.45) is 0.901. The second kappa shape index (κ2) is 6.91. The van der Waals surface area contributed by atoms with Crippen molar-refractivity contribution >= 4 is 11.6 Å². The number of rotatable bonds is 4. The van der Waals surface area contributed by atoms with E-state index >= 15 is 0 Å². The van der Waals surface area contributed by atoms with E-state index < -0.39 is 0 Å². The van der Waals surface area contributed by atoms with Crippen molar-refractivity contribution in [1.82, 2.24) is 14.7 Å². The van der Waals surface area contributed by atoms with Crippen LogP contribution in [0.5, 0.6) is 0 Å². The molecule has 2 aromatic carbocycles. The van der Waals surface area contributed by atoms with E-state index in [2.05, 4.69) is 39.6 Å². The van der Waals surface area contributed by atoms with Gasteiger partial charge in [-0.2, -0.15) is 5.10 Å². The summed E-state index contributed by atoms with van der Waals surface area (Å²) in [6, 6.07) is 21.8. The van der Waals surface area contributed by atoms with Gasteiger partial charge in [0.2, 0.25) is 0 Å². The molecule has 4 rings (SSSR count). The SMILES string of the molecule is O=C(Nc1ccccc1)c1cc2n(n1)CN(Cc1ccccc1)CC2. The number of benzene rings is 2. The van der Waals surface area contributed by atoms with Crippen molar-refractivity contribution < 1.29 is 4.79 Å². The fourth-order valence-corrected chi connectivity index (χ4v) is 3.11. The Balaban J connectivity index is 1.44. The molecule has 0 saturated carbocycles. The van der Waals surface area contributed by atoms with Gasteiger partial charge in [0.15, 0.2) is 5.69 Å². The minimum absolute atomic E-state index is 0.164. The van der Waals surface area contributed by atoms with E-state index in [9.17, 15) is 4.79 Å². The van der Waals surface area contributed by atoms with Crippen molar-refractivity contribution in [3.05, 3.63) is 83.7 Å². The second-order valence-electron chi connectivity index (χ2n) is 6.27. The minimum Gasteiger partial charge on any atom is -0.321 e. The number of carbonyl (C=O) groups is 1. The summed E-state index contributed by atoms with van der Waals surface area (Å²) in [6.45, 7) is 2.58. The molecule has 1 aromatic heterocycles. The molecule has 126 valence electrons. The van der Waals surface area contributed by atoms with E-state index in [1.165, 1.54) is 5.56 Å². The summed E-state index contributed by atoms with van der Waals surface area (Å²) >= 11 is 0. The maximum Gasteiger partial charge on any atom is 0.276 e. The Hall–Kier alpha value is -2.92. The lowest BCUT2D eigenvalue weighted by Gasteiger charge is -2.27. The number of aromatic nitrogens is 2. The summed E-state index contributed by atoms with van der Waals surface area (Å²) in [5.41, 5.74) is 3.66. The smallest absolute Gasteiger partial charge is 0.276 e. The van der Waals surface area contributed by atoms with Crippen LogP contribution in [0, 0.1) is 0 Å². The molecule has 1 N–H and O–H groups in total. The first kappa shape index (κ1) is 15.6. The number of nitrogens with one attached hydrogen (secondary N) is 1. The van der Waals surface area contributed by atoms with Gasteiger partial charge in [-0.1, -0.05) is 48.5 Å². The normalized spacial score (nSPS) is 14.1. The largest absolute Gasteiger partial charge is 0.321 e. The van der Waals surface area contributed by atoms with Crippen molar-refractivity contribution in [3.8, 4) is 0 Å². The quantitative estimate of drug-likeness (QED) is 0.798. The summed E-state index contributed by atoms with van der Waals surface area (Å²) in [5, 5.41) is 7.39. The number of nitrogens with zero attached hydrogens (tertiary/aromatic N) is 3. The third-order valence-corrected chi connectivity index (χ3v) is 4.39. The minimum atomic E-state index is -0.164. The molecule has 0 aliphatic carbocycles. The molecule has 5 nitrogen and oxygen atoms in total. The first-order valence-corrected chi connectivity index (χ1v) is 8.47. The molecular weight excluding hydrogens is 312 g/mol. The van der Waals surface area contributed by atoms with Crippen LogP contribution in [0.15, 0.2) is 66.7 Å². The molecule has 0 fully saturated rings. The van der Waals surface area contributed by atoms with Gasteiger partial charge in [-0.15, -0.1) is 0 Å². The van der Waals surface area contributed by atoms with Gasteiger partial charge in [0.1, 0.15) is 0 Å². The lowest BCUT2D eigenvalue weighted by Crippen LogP contribution is -2.34. The van der Waals surface area contributed by atoms with Crippen LogP contribution < -0.4 is 5.32 Å². The molecule has 1 amide bonds. The Morgan fingerprint density at radius 2 is 1.76 bits per heavy atom. The fourth-order valence-electron chi connectivity index (χ4n) is 3.11. The lowest BCUT2D eigenvalue weighted by molar-refractivity contribution is 0.101. The van der Waals surface area contributed by atoms with Crippen molar-refractivity contribution in [2.45, 2.75) is 19.6 Å². The van der Waals surface area contributed by atoms with Gasteiger partial charge in [0.25, 0.3) is 5.91 Å². The van der Waals surface area contributed by atoms with Crippen LogP contribution in [0.2, 0.25) is 0 Å². The molecular formula is C20H20N4O. The zero-order valence-corrected chi connectivity index (χ0v) is 13.9. The van der Waals surface area contributed by atoms with Crippen LogP contribution >= 0.6 is 0 Å². The standard InChI is InChI=1S/C20H20N4O/c25-20(21-17-9-5-2-6-10-17)19-13-18-11-12-23(15-24(18)22-19)14-16-7-3-1-4-8-16/h1-10,13H,11-12,14-15H2,(H,21,25). The Kier molecular flexibility index (Phi) is 4.31. The van der Waals surface area contributed by atoms with E-state index in [-0.39, 0.29) is 5.91 Å². The number of hydrogen-bond acceptors (Lipinski definition) is 3. The van der Waals surface area contributed by atoms with E-state index in [0.29, 0.717) is 12.4 Å². The van der Waals surface area contributed by atoms with Gasteiger partial charge < -0.3 is 5.32 Å². The molecule has 3 aromatic rings. The van der Waals surface area contributed by atoms with E-state index in [4.69, 9.17) is 0 Å². The Morgan fingerprint density at radius 3 is 2.52 bits per heavy atom. The first-order chi connectivity index (χ1) is 12.3. The molecule has 0 atom stereocenters. The van der Waals surface area contributed by atoms with Crippen molar-refractivity contribution in [2.75, 3.05) is 11.9 Å². The highest BCUT2D eigenvalue weighted by Gasteiger charge is 2.20. The van der Waals surface area contributed by atoms with Gasteiger partial charge in [0.05, 0.1) is 6.67 Å². The molecule has 0 unspecified atom stereocenters. The predicted molar refractivity (Wildman–Crippen MR) is 97.2 cm³/mol. The van der Waals surface area contributed by atoms with Gasteiger partial charge in [-0.05, 0) is 23.8 Å². The third-order valence-electron chi connectivity index (χ3n) is 4.39.